The van der Waals surface area contributed by atoms with Crippen LogP contribution >= 0.6 is 0 Å². The van der Waals surface area contributed by atoms with Crippen LogP contribution in [0.4, 0.5) is 4.39 Å². The summed E-state index contributed by atoms with van der Waals surface area (Å²) >= 11 is 0. The Labute approximate surface area is 116 Å². The second-order valence-electron chi connectivity index (χ2n) is 4.52. The molecular weight excluding hydrogens is 259 g/mol. The predicted molar refractivity (Wildman–Crippen MR) is 73.7 cm³/mol. The van der Waals surface area contributed by atoms with E-state index in [1.165, 1.54) is 12.1 Å². The first-order valence-electron chi connectivity index (χ1n) is 6.02. The van der Waals surface area contributed by atoms with E-state index in [2.05, 4.69) is 10.2 Å². The van der Waals surface area contributed by atoms with Crippen molar-refractivity contribution in [3.63, 3.8) is 0 Å². The van der Waals surface area contributed by atoms with Crippen LogP contribution in [-0.4, -0.2) is 16.0 Å². The molecule has 6 heteroatoms. The van der Waals surface area contributed by atoms with E-state index in [4.69, 9.17) is 15.9 Å². The summed E-state index contributed by atoms with van der Waals surface area (Å²) in [5.41, 5.74) is 8.08. The number of ether oxygens (including phenoxy) is 1. The summed E-state index contributed by atoms with van der Waals surface area (Å²) in [6, 6.07) is 4.21. The minimum absolute atomic E-state index is 0.106. The minimum Gasteiger partial charge on any atom is -0.437 e. The number of nitrogens with zero attached hydrogens (tertiary/aromatic N) is 2. The lowest BCUT2D eigenvalue weighted by molar-refractivity contribution is 0.444. The van der Waals surface area contributed by atoms with Crippen LogP contribution in [0.3, 0.4) is 0 Å². The number of hydrogen-bond donors (Lipinski definition) is 2. The van der Waals surface area contributed by atoms with Crippen molar-refractivity contribution in [3.8, 4) is 11.6 Å². The second-order valence-corrected chi connectivity index (χ2v) is 4.52. The Morgan fingerprint density at radius 1 is 1.25 bits per heavy atom. The molecule has 0 aliphatic rings. The SMILES string of the molecule is Cc1ccc(F)cc1Oc1nnc(C)c(C)c1C(=N)N. The first-order chi connectivity index (χ1) is 9.40. The number of aromatic nitrogens is 2. The van der Waals surface area contributed by atoms with Crippen LogP contribution in [0.2, 0.25) is 0 Å². The van der Waals surface area contributed by atoms with Gasteiger partial charge in [-0.1, -0.05) is 6.07 Å². The van der Waals surface area contributed by atoms with E-state index in [-0.39, 0.29) is 11.7 Å². The average Bonchev–Trinajstić information content (AvgIpc) is 2.38. The van der Waals surface area contributed by atoms with E-state index in [9.17, 15) is 4.39 Å². The van der Waals surface area contributed by atoms with Crippen molar-refractivity contribution >= 4 is 5.84 Å². The smallest absolute Gasteiger partial charge is 0.250 e. The fourth-order valence-electron chi connectivity index (χ4n) is 1.76. The van der Waals surface area contributed by atoms with Gasteiger partial charge in [0.2, 0.25) is 5.88 Å². The van der Waals surface area contributed by atoms with Crippen LogP contribution in [-0.2, 0) is 0 Å². The minimum atomic E-state index is -0.410. The summed E-state index contributed by atoms with van der Waals surface area (Å²) in [5.74, 6) is -0.143. The Morgan fingerprint density at radius 3 is 2.60 bits per heavy atom. The molecular formula is C14H15FN4O. The Morgan fingerprint density at radius 2 is 1.95 bits per heavy atom. The molecule has 0 saturated heterocycles. The van der Waals surface area contributed by atoms with Crippen molar-refractivity contribution in [2.24, 2.45) is 5.73 Å². The van der Waals surface area contributed by atoms with Gasteiger partial charge in [-0.25, -0.2) is 4.39 Å². The molecule has 1 aromatic heterocycles. The van der Waals surface area contributed by atoms with E-state index >= 15 is 0 Å². The summed E-state index contributed by atoms with van der Waals surface area (Å²) in [5, 5.41) is 15.5. The molecule has 0 bridgehead atoms. The summed E-state index contributed by atoms with van der Waals surface area (Å²) in [6.07, 6.45) is 0. The van der Waals surface area contributed by atoms with Gasteiger partial charge in [-0.05, 0) is 38.0 Å². The zero-order valence-corrected chi connectivity index (χ0v) is 11.5. The van der Waals surface area contributed by atoms with Gasteiger partial charge in [0, 0.05) is 6.07 Å². The van der Waals surface area contributed by atoms with Crippen LogP contribution in [0.1, 0.15) is 22.4 Å². The fraction of sp³-hybridized carbons (Fsp3) is 0.214. The van der Waals surface area contributed by atoms with Gasteiger partial charge >= 0.3 is 0 Å². The van der Waals surface area contributed by atoms with E-state index in [1.54, 1.807) is 26.8 Å². The molecule has 0 unspecified atom stereocenters. The molecule has 1 heterocycles. The Balaban J connectivity index is 2.51. The molecule has 1 aromatic carbocycles. The van der Waals surface area contributed by atoms with Crippen LogP contribution in [0.15, 0.2) is 18.2 Å². The molecule has 0 aliphatic heterocycles. The zero-order chi connectivity index (χ0) is 14.9. The van der Waals surface area contributed by atoms with Crippen LogP contribution < -0.4 is 10.5 Å². The number of nitrogen functional groups attached to an aromatic ring is 1. The molecule has 0 radical (unpaired) electrons. The molecule has 2 aromatic rings. The highest BCUT2D eigenvalue weighted by molar-refractivity contribution is 5.98. The molecule has 0 saturated carbocycles. The van der Waals surface area contributed by atoms with Gasteiger partial charge in [0.15, 0.2) is 0 Å². The van der Waals surface area contributed by atoms with Crippen molar-refractivity contribution in [2.45, 2.75) is 20.8 Å². The predicted octanol–water partition coefficient (Wildman–Crippen LogP) is 2.62. The molecule has 5 nitrogen and oxygen atoms in total. The number of hydrogen-bond acceptors (Lipinski definition) is 4. The number of amidine groups is 1. The van der Waals surface area contributed by atoms with Gasteiger partial charge in [0.05, 0.1) is 11.3 Å². The van der Waals surface area contributed by atoms with Crippen LogP contribution in [0.5, 0.6) is 11.6 Å². The second kappa shape index (κ2) is 5.24. The van der Waals surface area contributed by atoms with Crippen molar-refractivity contribution in [1.29, 1.82) is 5.41 Å². The van der Waals surface area contributed by atoms with Crippen molar-refractivity contribution in [3.05, 3.63) is 46.4 Å². The third kappa shape index (κ3) is 2.59. The third-order valence-electron chi connectivity index (χ3n) is 3.05. The topological polar surface area (TPSA) is 84.9 Å². The van der Waals surface area contributed by atoms with Gasteiger partial charge in [-0.3, -0.25) is 5.41 Å². The maximum atomic E-state index is 13.3. The lowest BCUT2D eigenvalue weighted by Crippen LogP contribution is -2.16. The summed E-state index contributed by atoms with van der Waals surface area (Å²) in [7, 11) is 0. The molecule has 0 atom stereocenters. The van der Waals surface area contributed by atoms with Crippen molar-refractivity contribution in [2.75, 3.05) is 0 Å². The lowest BCUT2D eigenvalue weighted by Gasteiger charge is -2.13. The van der Waals surface area contributed by atoms with Crippen LogP contribution in [0.25, 0.3) is 0 Å². The van der Waals surface area contributed by atoms with Gasteiger partial charge in [-0.15, -0.1) is 5.10 Å². The first kappa shape index (κ1) is 13.9. The normalized spacial score (nSPS) is 10.4. The highest BCUT2D eigenvalue weighted by atomic mass is 19.1. The van der Waals surface area contributed by atoms with Crippen molar-refractivity contribution < 1.29 is 9.13 Å². The number of rotatable bonds is 3. The molecule has 0 aliphatic carbocycles. The maximum Gasteiger partial charge on any atom is 0.250 e. The average molecular weight is 274 g/mol. The number of nitrogens with two attached hydrogens (primary N) is 1. The Bertz CT molecular complexity index is 685. The van der Waals surface area contributed by atoms with Gasteiger partial charge in [-0.2, -0.15) is 5.10 Å². The molecule has 20 heavy (non-hydrogen) atoms. The number of halogens is 1. The van der Waals surface area contributed by atoms with Gasteiger partial charge in [0.1, 0.15) is 17.4 Å². The molecule has 0 amide bonds. The quantitative estimate of drug-likeness (QED) is 0.665. The van der Waals surface area contributed by atoms with E-state index < -0.39 is 5.82 Å². The monoisotopic (exact) mass is 274 g/mol. The molecule has 2 rings (SSSR count). The molecule has 3 N–H and O–H groups in total. The summed E-state index contributed by atoms with van der Waals surface area (Å²) < 4.78 is 18.9. The number of benzene rings is 1. The van der Waals surface area contributed by atoms with Crippen molar-refractivity contribution in [1.82, 2.24) is 10.2 Å². The largest absolute Gasteiger partial charge is 0.437 e. The standard InChI is InChI=1S/C14H15FN4O/c1-7-4-5-10(15)6-11(7)20-14-12(13(16)17)8(2)9(3)18-19-14/h4-6H,1-3H3,(H3,16,17). The van der Waals surface area contributed by atoms with Gasteiger partial charge in [0.25, 0.3) is 0 Å². The molecule has 104 valence electrons. The first-order valence-corrected chi connectivity index (χ1v) is 6.02. The fourth-order valence-corrected chi connectivity index (χ4v) is 1.76. The Kier molecular flexibility index (Phi) is 3.65. The lowest BCUT2D eigenvalue weighted by atomic mass is 10.1. The van der Waals surface area contributed by atoms with E-state index in [0.29, 0.717) is 17.0 Å². The Hall–Kier alpha value is -2.50. The molecule has 0 fully saturated rings. The summed E-state index contributed by atoms with van der Waals surface area (Å²) in [6.45, 7) is 5.34. The van der Waals surface area contributed by atoms with E-state index in [1.807, 2.05) is 0 Å². The van der Waals surface area contributed by atoms with Gasteiger partial charge < -0.3 is 10.5 Å². The zero-order valence-electron chi connectivity index (χ0n) is 11.5. The number of nitrogens with one attached hydrogen (secondary N) is 1. The van der Waals surface area contributed by atoms with Crippen LogP contribution in [0, 0.1) is 32.0 Å². The third-order valence-corrected chi connectivity index (χ3v) is 3.05. The highest BCUT2D eigenvalue weighted by Crippen LogP contribution is 2.28. The molecule has 0 spiro atoms. The highest BCUT2D eigenvalue weighted by Gasteiger charge is 2.16. The maximum absolute atomic E-state index is 13.3. The summed E-state index contributed by atoms with van der Waals surface area (Å²) in [4.78, 5) is 0. The van der Waals surface area contributed by atoms with E-state index in [0.717, 1.165) is 11.1 Å². The number of aryl methyl sites for hydroxylation is 2.